The van der Waals surface area contributed by atoms with Gasteiger partial charge in [0, 0.05) is 6.42 Å². The Morgan fingerprint density at radius 3 is 2.27 bits per heavy atom. The van der Waals surface area contributed by atoms with Crippen molar-refractivity contribution in [2.75, 3.05) is 0 Å². The van der Waals surface area contributed by atoms with Crippen molar-refractivity contribution in [3.05, 3.63) is 0 Å². The summed E-state index contributed by atoms with van der Waals surface area (Å²) in [5.74, 6) is 0.0255. The molecular weight excluding hydrogens is 187 g/mol. The standard InChI is InChI=1S/C8H16O2.Ni/c1-7(2)5-3-4-6-8(9)10;/h7H,3-6H2,1-2H3,(H,9,10);/q;+2. The second-order valence-electron chi connectivity index (χ2n) is 3.03. The molecule has 1 N–H and O–H groups in total. The van der Waals surface area contributed by atoms with Crippen LogP contribution in [0, 0.1) is 5.92 Å². The number of hydrogen-bond donors (Lipinski definition) is 1. The molecule has 0 rings (SSSR count). The molecule has 3 heteroatoms. The van der Waals surface area contributed by atoms with Crippen molar-refractivity contribution in [2.45, 2.75) is 39.5 Å². The van der Waals surface area contributed by atoms with Crippen molar-refractivity contribution in [2.24, 2.45) is 5.92 Å². The van der Waals surface area contributed by atoms with Crippen molar-refractivity contribution >= 4 is 5.97 Å². The van der Waals surface area contributed by atoms with E-state index in [1.54, 1.807) is 0 Å². The van der Waals surface area contributed by atoms with E-state index in [-0.39, 0.29) is 16.5 Å². The summed E-state index contributed by atoms with van der Waals surface area (Å²) >= 11 is 0. The molecule has 0 aliphatic carbocycles. The van der Waals surface area contributed by atoms with Gasteiger partial charge >= 0.3 is 22.5 Å². The summed E-state index contributed by atoms with van der Waals surface area (Å²) in [5, 5.41) is 8.28. The average molecular weight is 203 g/mol. The van der Waals surface area contributed by atoms with E-state index >= 15 is 0 Å². The third-order valence-electron chi connectivity index (χ3n) is 1.42. The van der Waals surface area contributed by atoms with Crippen molar-refractivity contribution in [1.29, 1.82) is 0 Å². The number of carboxylic acid groups (broad SMARTS) is 1. The third kappa shape index (κ3) is 13.0. The minimum atomic E-state index is -0.677. The van der Waals surface area contributed by atoms with E-state index in [0.717, 1.165) is 19.3 Å². The van der Waals surface area contributed by atoms with Gasteiger partial charge in [0.1, 0.15) is 0 Å². The third-order valence-corrected chi connectivity index (χ3v) is 1.42. The first-order chi connectivity index (χ1) is 4.63. The molecule has 0 spiro atoms. The molecule has 0 saturated carbocycles. The van der Waals surface area contributed by atoms with Gasteiger partial charge in [0.05, 0.1) is 0 Å². The summed E-state index contributed by atoms with van der Waals surface area (Å²) < 4.78 is 0. The molecule has 0 aromatic carbocycles. The van der Waals surface area contributed by atoms with Crippen LogP contribution in [-0.2, 0) is 21.3 Å². The Morgan fingerprint density at radius 2 is 1.91 bits per heavy atom. The van der Waals surface area contributed by atoms with Crippen LogP contribution in [0.3, 0.4) is 0 Å². The maximum absolute atomic E-state index is 10.0. The van der Waals surface area contributed by atoms with E-state index in [1.165, 1.54) is 0 Å². The summed E-state index contributed by atoms with van der Waals surface area (Å²) in [5.41, 5.74) is 0. The van der Waals surface area contributed by atoms with E-state index in [4.69, 9.17) is 5.11 Å². The number of unbranched alkanes of at least 4 members (excludes halogenated alkanes) is 1. The van der Waals surface area contributed by atoms with Gasteiger partial charge in [-0.3, -0.25) is 4.79 Å². The summed E-state index contributed by atoms with van der Waals surface area (Å²) in [6.07, 6.45) is 3.34. The van der Waals surface area contributed by atoms with Crippen molar-refractivity contribution in [1.82, 2.24) is 0 Å². The zero-order valence-electron chi connectivity index (χ0n) is 7.08. The number of hydrogen-bond acceptors (Lipinski definition) is 1. The van der Waals surface area contributed by atoms with Gasteiger partial charge in [0.25, 0.3) is 0 Å². The first kappa shape index (κ1) is 13.5. The molecule has 0 aromatic heterocycles. The molecule has 0 aliphatic heterocycles. The SMILES string of the molecule is CC(C)CCCCC(=O)O.[Ni+2]. The van der Waals surface area contributed by atoms with Crippen LogP contribution < -0.4 is 0 Å². The fourth-order valence-corrected chi connectivity index (χ4v) is 0.829. The summed E-state index contributed by atoms with van der Waals surface area (Å²) in [4.78, 5) is 10.0. The van der Waals surface area contributed by atoms with Gasteiger partial charge in [0.2, 0.25) is 0 Å². The van der Waals surface area contributed by atoms with E-state index < -0.39 is 5.97 Å². The maximum atomic E-state index is 10.0. The van der Waals surface area contributed by atoms with Crippen molar-refractivity contribution in [3.8, 4) is 0 Å². The Bertz CT molecular complexity index is 102. The smallest absolute Gasteiger partial charge is 0.481 e. The normalized spacial score (nSPS) is 9.36. The molecule has 11 heavy (non-hydrogen) atoms. The Morgan fingerprint density at radius 1 is 1.36 bits per heavy atom. The Labute approximate surface area is 78.3 Å². The zero-order chi connectivity index (χ0) is 7.98. The monoisotopic (exact) mass is 202 g/mol. The predicted octanol–water partition coefficient (Wildman–Crippen LogP) is 2.28. The molecule has 0 saturated heterocycles. The Kier molecular flexibility index (Phi) is 9.93. The van der Waals surface area contributed by atoms with E-state index in [0.29, 0.717) is 12.3 Å². The molecule has 0 amide bonds. The number of rotatable bonds is 5. The maximum Gasteiger partial charge on any atom is 2.00 e. The van der Waals surface area contributed by atoms with Crippen LogP contribution in [-0.4, -0.2) is 11.1 Å². The predicted molar refractivity (Wildman–Crippen MR) is 40.9 cm³/mol. The molecule has 2 nitrogen and oxygen atoms in total. The molecule has 0 heterocycles. The van der Waals surface area contributed by atoms with Crippen LogP contribution in [0.25, 0.3) is 0 Å². The largest absolute Gasteiger partial charge is 2.00 e. The summed E-state index contributed by atoms with van der Waals surface area (Å²) in [6, 6.07) is 0. The molecule has 0 atom stereocenters. The van der Waals surface area contributed by atoms with Crippen LogP contribution in [0.5, 0.6) is 0 Å². The van der Waals surface area contributed by atoms with Gasteiger partial charge in [-0.25, -0.2) is 0 Å². The zero-order valence-corrected chi connectivity index (χ0v) is 8.07. The minimum absolute atomic E-state index is 0. The van der Waals surface area contributed by atoms with Crippen LogP contribution in [0.1, 0.15) is 39.5 Å². The Hall–Kier alpha value is -0.0365. The summed E-state index contributed by atoms with van der Waals surface area (Å²) in [7, 11) is 0. The fraction of sp³-hybridized carbons (Fsp3) is 0.875. The van der Waals surface area contributed by atoms with Gasteiger partial charge < -0.3 is 5.11 Å². The van der Waals surface area contributed by atoms with Crippen molar-refractivity contribution < 1.29 is 26.4 Å². The topological polar surface area (TPSA) is 37.3 Å². The molecule has 0 bridgehead atoms. The molecular formula is C8H16NiO2+2. The van der Waals surface area contributed by atoms with E-state index in [2.05, 4.69) is 13.8 Å². The molecule has 0 radical (unpaired) electrons. The van der Waals surface area contributed by atoms with Crippen LogP contribution in [0.2, 0.25) is 0 Å². The van der Waals surface area contributed by atoms with Gasteiger partial charge in [-0.1, -0.05) is 26.7 Å². The summed E-state index contributed by atoms with van der Waals surface area (Å²) in [6.45, 7) is 4.31. The van der Waals surface area contributed by atoms with Gasteiger partial charge in [-0.2, -0.15) is 0 Å². The molecule has 0 aromatic rings. The number of carboxylic acids is 1. The average Bonchev–Trinajstić information content (AvgIpc) is 1.79. The molecule has 68 valence electrons. The molecule has 0 unspecified atom stereocenters. The fourth-order valence-electron chi connectivity index (χ4n) is 0.829. The van der Waals surface area contributed by atoms with Gasteiger partial charge in [-0.15, -0.1) is 0 Å². The number of carbonyl (C=O) groups is 1. The quantitative estimate of drug-likeness (QED) is 0.549. The first-order valence-electron chi connectivity index (χ1n) is 3.84. The second-order valence-corrected chi connectivity index (χ2v) is 3.03. The van der Waals surface area contributed by atoms with E-state index in [9.17, 15) is 4.79 Å². The van der Waals surface area contributed by atoms with Crippen LogP contribution in [0.4, 0.5) is 0 Å². The van der Waals surface area contributed by atoms with Crippen LogP contribution >= 0.6 is 0 Å². The van der Waals surface area contributed by atoms with Gasteiger partial charge in [-0.05, 0) is 12.3 Å². The van der Waals surface area contributed by atoms with Crippen molar-refractivity contribution in [3.63, 3.8) is 0 Å². The number of aliphatic carboxylic acids is 1. The van der Waals surface area contributed by atoms with E-state index in [1.807, 2.05) is 0 Å². The minimum Gasteiger partial charge on any atom is -0.481 e. The second kappa shape index (κ2) is 8.06. The molecule has 0 fully saturated rings. The first-order valence-corrected chi connectivity index (χ1v) is 3.84. The van der Waals surface area contributed by atoms with Crippen LogP contribution in [0.15, 0.2) is 0 Å². The van der Waals surface area contributed by atoms with Gasteiger partial charge in [0.15, 0.2) is 0 Å². The molecule has 0 aliphatic rings. The Balaban J connectivity index is 0.